The number of anilines is 1. The second-order valence-electron chi connectivity index (χ2n) is 6.32. The van der Waals surface area contributed by atoms with E-state index in [-0.39, 0.29) is 0 Å². The maximum absolute atomic E-state index is 5.45. The Balaban J connectivity index is 1.52. The van der Waals surface area contributed by atoms with Gasteiger partial charge in [0, 0.05) is 57.3 Å². The first kappa shape index (κ1) is 15.8. The van der Waals surface area contributed by atoms with Crippen molar-refractivity contribution in [1.82, 2.24) is 14.9 Å². The fourth-order valence-corrected chi connectivity index (χ4v) is 3.38. The third-order valence-electron chi connectivity index (χ3n) is 4.72. The van der Waals surface area contributed by atoms with Crippen molar-refractivity contribution in [2.24, 2.45) is 0 Å². The number of piperazine rings is 1. The van der Waals surface area contributed by atoms with Crippen LogP contribution in [0, 0.1) is 0 Å². The molecule has 3 aromatic rings. The van der Waals surface area contributed by atoms with Crippen LogP contribution in [0.2, 0.25) is 0 Å². The molecule has 0 unspecified atom stereocenters. The summed E-state index contributed by atoms with van der Waals surface area (Å²) in [5, 5.41) is 0. The number of rotatable bonds is 4. The molecular formula is C20H22N4O. The minimum absolute atomic E-state index is 0.828. The van der Waals surface area contributed by atoms with E-state index in [2.05, 4.69) is 56.2 Å². The molecule has 0 bridgehead atoms. The van der Waals surface area contributed by atoms with Crippen LogP contribution in [-0.2, 0) is 6.54 Å². The van der Waals surface area contributed by atoms with Gasteiger partial charge < -0.3 is 9.64 Å². The van der Waals surface area contributed by atoms with Crippen molar-refractivity contribution in [3.8, 4) is 5.75 Å². The third kappa shape index (κ3) is 3.42. The number of methoxy groups -OCH3 is 1. The minimum atomic E-state index is 0.828. The number of nitrogens with zero attached hydrogens (tertiary/aromatic N) is 4. The molecule has 4 rings (SSSR count). The molecule has 128 valence electrons. The average molecular weight is 334 g/mol. The normalized spacial score (nSPS) is 15.5. The van der Waals surface area contributed by atoms with E-state index in [4.69, 9.17) is 4.74 Å². The Kier molecular flexibility index (Phi) is 4.48. The van der Waals surface area contributed by atoms with Crippen LogP contribution < -0.4 is 9.64 Å². The molecule has 0 radical (unpaired) electrons. The Morgan fingerprint density at radius 3 is 2.48 bits per heavy atom. The summed E-state index contributed by atoms with van der Waals surface area (Å²) in [4.78, 5) is 13.9. The van der Waals surface area contributed by atoms with Crippen molar-refractivity contribution in [2.45, 2.75) is 6.54 Å². The van der Waals surface area contributed by atoms with Crippen LogP contribution in [-0.4, -0.2) is 48.2 Å². The summed E-state index contributed by atoms with van der Waals surface area (Å²) in [7, 11) is 1.69. The maximum atomic E-state index is 5.45. The number of hydrogen-bond acceptors (Lipinski definition) is 5. The third-order valence-corrected chi connectivity index (χ3v) is 4.72. The van der Waals surface area contributed by atoms with Crippen molar-refractivity contribution in [2.75, 3.05) is 38.2 Å². The lowest BCUT2D eigenvalue weighted by atomic mass is 10.1. The first-order valence-corrected chi connectivity index (χ1v) is 8.63. The average Bonchev–Trinajstić information content (AvgIpc) is 2.68. The van der Waals surface area contributed by atoms with Crippen molar-refractivity contribution >= 4 is 16.7 Å². The van der Waals surface area contributed by atoms with Gasteiger partial charge in [0.25, 0.3) is 0 Å². The van der Waals surface area contributed by atoms with E-state index in [0.29, 0.717) is 0 Å². The zero-order chi connectivity index (χ0) is 17.1. The van der Waals surface area contributed by atoms with Gasteiger partial charge in [-0.1, -0.05) is 30.3 Å². The van der Waals surface area contributed by atoms with E-state index >= 15 is 0 Å². The summed E-state index contributed by atoms with van der Waals surface area (Å²) in [6.07, 6.45) is 3.48. The largest absolute Gasteiger partial charge is 0.497 e. The molecular weight excluding hydrogens is 312 g/mol. The molecule has 1 aliphatic heterocycles. The van der Waals surface area contributed by atoms with Crippen LogP contribution in [0.1, 0.15) is 5.56 Å². The highest BCUT2D eigenvalue weighted by atomic mass is 16.5. The van der Waals surface area contributed by atoms with Gasteiger partial charge in [0.05, 0.1) is 18.3 Å². The first-order valence-electron chi connectivity index (χ1n) is 8.63. The second kappa shape index (κ2) is 7.07. The molecule has 2 aromatic carbocycles. The van der Waals surface area contributed by atoms with Crippen LogP contribution in [0.3, 0.4) is 0 Å². The lowest BCUT2D eigenvalue weighted by molar-refractivity contribution is 0.250. The van der Waals surface area contributed by atoms with Crippen LogP contribution in [0.5, 0.6) is 5.75 Å². The fourth-order valence-electron chi connectivity index (χ4n) is 3.38. The molecule has 1 fully saturated rings. The zero-order valence-electron chi connectivity index (χ0n) is 14.4. The van der Waals surface area contributed by atoms with Gasteiger partial charge in [-0.25, -0.2) is 0 Å². The number of hydrogen-bond donors (Lipinski definition) is 0. The topological polar surface area (TPSA) is 41.5 Å². The van der Waals surface area contributed by atoms with E-state index in [1.54, 1.807) is 19.5 Å². The summed E-state index contributed by atoms with van der Waals surface area (Å²) in [6.45, 7) is 5.03. The van der Waals surface area contributed by atoms with Gasteiger partial charge in [0.15, 0.2) is 0 Å². The van der Waals surface area contributed by atoms with Gasteiger partial charge in [-0.15, -0.1) is 0 Å². The van der Waals surface area contributed by atoms with Crippen LogP contribution >= 0.6 is 0 Å². The molecule has 2 heterocycles. The van der Waals surface area contributed by atoms with Crippen LogP contribution in [0.25, 0.3) is 11.0 Å². The fraction of sp³-hybridized carbons (Fsp3) is 0.300. The Hall–Kier alpha value is -2.66. The Bertz CT molecular complexity index is 845. The zero-order valence-corrected chi connectivity index (χ0v) is 14.4. The molecule has 1 aliphatic rings. The monoisotopic (exact) mass is 334 g/mol. The number of aromatic nitrogens is 2. The molecule has 0 N–H and O–H groups in total. The van der Waals surface area contributed by atoms with Gasteiger partial charge in [-0.2, -0.15) is 0 Å². The number of benzene rings is 2. The van der Waals surface area contributed by atoms with E-state index in [1.165, 1.54) is 5.56 Å². The highest BCUT2D eigenvalue weighted by Crippen LogP contribution is 2.30. The SMILES string of the molecule is COc1cc(N2CCN(Cc3ccccc3)CC2)c2nccnc2c1. The van der Waals surface area contributed by atoms with E-state index in [0.717, 1.165) is 55.2 Å². The minimum Gasteiger partial charge on any atom is -0.497 e. The predicted molar refractivity (Wildman–Crippen MR) is 100 cm³/mol. The van der Waals surface area contributed by atoms with Gasteiger partial charge in [-0.05, 0) is 5.56 Å². The highest BCUT2D eigenvalue weighted by molar-refractivity contribution is 5.89. The molecule has 1 saturated heterocycles. The van der Waals surface area contributed by atoms with E-state index < -0.39 is 0 Å². The molecule has 0 saturated carbocycles. The Morgan fingerprint density at radius 1 is 0.960 bits per heavy atom. The summed E-state index contributed by atoms with van der Waals surface area (Å²) in [5.74, 6) is 0.828. The number of fused-ring (bicyclic) bond motifs is 1. The lowest BCUT2D eigenvalue weighted by Gasteiger charge is -2.36. The first-order chi connectivity index (χ1) is 12.3. The standard InChI is InChI=1S/C20H22N4O/c1-25-17-13-18-20(22-8-7-21-18)19(14-17)24-11-9-23(10-12-24)15-16-5-3-2-4-6-16/h2-8,13-14H,9-12,15H2,1H3. The van der Waals surface area contributed by atoms with Gasteiger partial charge in [0.2, 0.25) is 0 Å². The highest BCUT2D eigenvalue weighted by Gasteiger charge is 2.20. The van der Waals surface area contributed by atoms with Gasteiger partial charge in [-0.3, -0.25) is 14.9 Å². The van der Waals surface area contributed by atoms with E-state index in [1.807, 2.05) is 6.07 Å². The quantitative estimate of drug-likeness (QED) is 0.734. The molecule has 5 heteroatoms. The van der Waals surface area contributed by atoms with Crippen molar-refractivity contribution in [3.63, 3.8) is 0 Å². The Labute approximate surface area is 147 Å². The molecule has 1 aromatic heterocycles. The van der Waals surface area contributed by atoms with Crippen LogP contribution in [0.15, 0.2) is 54.9 Å². The smallest absolute Gasteiger partial charge is 0.123 e. The lowest BCUT2D eigenvalue weighted by Crippen LogP contribution is -2.46. The molecule has 0 amide bonds. The predicted octanol–water partition coefficient (Wildman–Crippen LogP) is 2.96. The van der Waals surface area contributed by atoms with Crippen molar-refractivity contribution < 1.29 is 4.74 Å². The van der Waals surface area contributed by atoms with Crippen molar-refractivity contribution in [1.29, 1.82) is 0 Å². The van der Waals surface area contributed by atoms with Gasteiger partial charge in [0.1, 0.15) is 11.3 Å². The van der Waals surface area contributed by atoms with Crippen LogP contribution in [0.4, 0.5) is 5.69 Å². The summed E-state index contributed by atoms with van der Waals surface area (Å²) >= 11 is 0. The molecule has 0 spiro atoms. The Morgan fingerprint density at radius 2 is 1.72 bits per heavy atom. The molecule has 25 heavy (non-hydrogen) atoms. The molecule has 5 nitrogen and oxygen atoms in total. The maximum Gasteiger partial charge on any atom is 0.123 e. The van der Waals surface area contributed by atoms with E-state index in [9.17, 15) is 0 Å². The van der Waals surface area contributed by atoms with Crippen molar-refractivity contribution in [3.05, 3.63) is 60.4 Å². The summed E-state index contributed by atoms with van der Waals surface area (Å²) in [6, 6.07) is 14.7. The molecule has 0 atom stereocenters. The summed E-state index contributed by atoms with van der Waals surface area (Å²) < 4.78 is 5.45. The summed E-state index contributed by atoms with van der Waals surface area (Å²) in [5.41, 5.74) is 4.30. The van der Waals surface area contributed by atoms with Gasteiger partial charge >= 0.3 is 0 Å². The molecule has 0 aliphatic carbocycles. The second-order valence-corrected chi connectivity index (χ2v) is 6.32. The number of ether oxygens (including phenoxy) is 1.